The third kappa shape index (κ3) is 4.94. The lowest BCUT2D eigenvalue weighted by Crippen LogP contribution is -2.47. The fourth-order valence-electron chi connectivity index (χ4n) is 3.12. The van der Waals surface area contributed by atoms with Crippen LogP contribution in [0, 0.1) is 11.6 Å². The number of rotatable bonds is 6. The molecule has 8 heteroatoms. The van der Waals surface area contributed by atoms with E-state index in [4.69, 9.17) is 4.42 Å². The largest absolute Gasteiger partial charge is 0.447 e. The lowest BCUT2D eigenvalue weighted by molar-refractivity contribution is 0.0658. The van der Waals surface area contributed by atoms with Gasteiger partial charge in [0.2, 0.25) is 5.89 Å². The third-order valence-corrected chi connectivity index (χ3v) is 5.02. The highest BCUT2D eigenvalue weighted by molar-refractivity contribution is 5.92. The second-order valence-electron chi connectivity index (χ2n) is 7.46. The Balaban J connectivity index is 1.66. The number of aromatic nitrogens is 1. The average molecular weight is 392 g/mol. The molecule has 0 atom stereocenters. The molecule has 1 fully saturated rings. The number of oxazole rings is 1. The van der Waals surface area contributed by atoms with Crippen molar-refractivity contribution in [1.29, 1.82) is 0 Å². The van der Waals surface area contributed by atoms with E-state index in [1.165, 1.54) is 18.4 Å². The molecule has 0 radical (unpaired) electrons. The molecule has 1 aromatic heterocycles. The van der Waals surface area contributed by atoms with E-state index in [0.717, 1.165) is 19.2 Å². The summed E-state index contributed by atoms with van der Waals surface area (Å²) in [6.45, 7) is 7.56. The maximum atomic E-state index is 14.0. The molecule has 0 N–H and O–H groups in total. The first-order valence-corrected chi connectivity index (χ1v) is 9.43. The minimum Gasteiger partial charge on any atom is -0.447 e. The molecule has 3 rings (SSSR count). The van der Waals surface area contributed by atoms with Gasteiger partial charge in [0.25, 0.3) is 5.91 Å². The minimum absolute atomic E-state index is 0.0770. The molecule has 0 saturated carbocycles. The zero-order chi connectivity index (χ0) is 20.3. The number of hydrogen-bond acceptors (Lipinski definition) is 5. The Morgan fingerprint density at radius 1 is 1.21 bits per heavy atom. The monoisotopic (exact) mass is 392 g/mol. The highest BCUT2D eigenvalue weighted by Gasteiger charge is 2.24. The molecular formula is C20H26F2N4O2. The predicted molar refractivity (Wildman–Crippen MR) is 101 cm³/mol. The van der Waals surface area contributed by atoms with Gasteiger partial charge >= 0.3 is 0 Å². The maximum Gasteiger partial charge on any atom is 0.275 e. The van der Waals surface area contributed by atoms with Crippen molar-refractivity contribution in [2.24, 2.45) is 0 Å². The maximum absolute atomic E-state index is 14.0. The quantitative estimate of drug-likeness (QED) is 0.757. The number of hydrogen-bond donors (Lipinski definition) is 0. The van der Waals surface area contributed by atoms with Crippen LogP contribution in [0.4, 0.5) is 8.78 Å². The van der Waals surface area contributed by atoms with Crippen LogP contribution < -0.4 is 0 Å². The van der Waals surface area contributed by atoms with Gasteiger partial charge in [-0.2, -0.15) is 0 Å². The molecular weight excluding hydrogens is 366 g/mol. The first kappa shape index (κ1) is 20.4. The van der Waals surface area contributed by atoms with Crippen LogP contribution in [-0.2, 0) is 13.1 Å². The summed E-state index contributed by atoms with van der Waals surface area (Å²) in [5.74, 6) is -0.918. The van der Waals surface area contributed by atoms with Gasteiger partial charge in [0.1, 0.15) is 17.9 Å². The van der Waals surface area contributed by atoms with E-state index in [-0.39, 0.29) is 24.2 Å². The molecule has 1 aliphatic heterocycles. The van der Waals surface area contributed by atoms with E-state index in [1.54, 1.807) is 4.90 Å². The minimum atomic E-state index is -0.600. The second-order valence-corrected chi connectivity index (χ2v) is 7.46. The molecule has 152 valence electrons. The lowest BCUT2D eigenvalue weighted by Gasteiger charge is -2.31. The van der Waals surface area contributed by atoms with Gasteiger partial charge in [0.15, 0.2) is 5.69 Å². The number of benzene rings is 1. The van der Waals surface area contributed by atoms with Gasteiger partial charge in [-0.3, -0.25) is 9.69 Å². The molecule has 1 aromatic carbocycles. The number of halogens is 2. The van der Waals surface area contributed by atoms with Crippen LogP contribution in [0.5, 0.6) is 0 Å². The zero-order valence-corrected chi connectivity index (χ0v) is 16.5. The average Bonchev–Trinajstić information content (AvgIpc) is 3.11. The molecule has 1 saturated heterocycles. The first-order valence-electron chi connectivity index (χ1n) is 9.43. The molecule has 2 aromatic rings. The van der Waals surface area contributed by atoms with Gasteiger partial charge in [-0.15, -0.1) is 0 Å². The topological polar surface area (TPSA) is 52.8 Å². The van der Waals surface area contributed by atoms with Crippen LogP contribution in [0.1, 0.15) is 35.8 Å². The normalized spacial score (nSPS) is 15.6. The van der Waals surface area contributed by atoms with Crippen molar-refractivity contribution < 1.29 is 18.0 Å². The summed E-state index contributed by atoms with van der Waals surface area (Å²) in [6, 6.07) is 3.65. The third-order valence-electron chi connectivity index (χ3n) is 5.02. The van der Waals surface area contributed by atoms with Crippen LogP contribution in [-0.4, -0.2) is 64.9 Å². The number of piperazine rings is 1. The summed E-state index contributed by atoms with van der Waals surface area (Å²) < 4.78 is 32.6. The Labute approximate surface area is 163 Å². The number of carbonyl (C=O) groups is 1. The Morgan fingerprint density at radius 2 is 1.93 bits per heavy atom. The number of nitrogens with zero attached hydrogens (tertiary/aromatic N) is 4. The molecule has 6 nitrogen and oxygen atoms in total. The summed E-state index contributed by atoms with van der Waals surface area (Å²) >= 11 is 0. The molecule has 0 bridgehead atoms. The van der Waals surface area contributed by atoms with E-state index in [9.17, 15) is 13.6 Å². The van der Waals surface area contributed by atoms with Crippen LogP contribution >= 0.6 is 0 Å². The standard InChI is InChI=1S/C20H26F2N4O2/c1-14(2)26(11-15-4-5-16(21)10-17(15)22)12-19-23-18(13-28-19)20(27)25-8-6-24(3)7-9-25/h4-5,10,13-14H,6-9,11-12H2,1-3H3. The Kier molecular flexibility index (Phi) is 6.41. The van der Waals surface area contributed by atoms with E-state index in [0.29, 0.717) is 31.1 Å². The zero-order valence-electron chi connectivity index (χ0n) is 16.5. The lowest BCUT2D eigenvalue weighted by atomic mass is 10.1. The summed E-state index contributed by atoms with van der Waals surface area (Å²) in [5.41, 5.74) is 0.687. The van der Waals surface area contributed by atoms with Gasteiger partial charge in [-0.25, -0.2) is 13.8 Å². The van der Waals surface area contributed by atoms with Crippen molar-refractivity contribution in [3.63, 3.8) is 0 Å². The van der Waals surface area contributed by atoms with E-state index in [1.807, 2.05) is 25.8 Å². The SMILES string of the molecule is CC(C)N(Cc1nc(C(=O)N2CCN(C)CC2)co1)Cc1ccc(F)cc1F. The smallest absolute Gasteiger partial charge is 0.275 e. The molecule has 1 aliphatic rings. The van der Waals surface area contributed by atoms with Gasteiger partial charge in [-0.1, -0.05) is 6.07 Å². The van der Waals surface area contributed by atoms with Gasteiger partial charge < -0.3 is 14.2 Å². The summed E-state index contributed by atoms with van der Waals surface area (Å²) in [5, 5.41) is 0. The fourth-order valence-corrected chi connectivity index (χ4v) is 3.12. The molecule has 1 amide bonds. The Hall–Kier alpha value is -2.32. The number of amides is 1. The first-order chi connectivity index (χ1) is 13.3. The van der Waals surface area contributed by atoms with Crippen LogP contribution in [0.2, 0.25) is 0 Å². The molecule has 0 aliphatic carbocycles. The highest BCUT2D eigenvalue weighted by atomic mass is 19.1. The van der Waals surface area contributed by atoms with Crippen molar-refractivity contribution in [3.05, 3.63) is 53.2 Å². The van der Waals surface area contributed by atoms with E-state index >= 15 is 0 Å². The molecule has 28 heavy (non-hydrogen) atoms. The Morgan fingerprint density at radius 3 is 2.57 bits per heavy atom. The second kappa shape index (κ2) is 8.79. The van der Waals surface area contributed by atoms with Gasteiger partial charge in [0.05, 0.1) is 6.54 Å². The fraction of sp³-hybridized carbons (Fsp3) is 0.500. The molecule has 0 unspecified atom stereocenters. The Bertz CT molecular complexity index is 816. The molecule has 2 heterocycles. The predicted octanol–water partition coefficient (Wildman–Crippen LogP) is 2.75. The van der Waals surface area contributed by atoms with Crippen molar-refractivity contribution in [1.82, 2.24) is 19.7 Å². The summed E-state index contributed by atoms with van der Waals surface area (Å²) in [6.07, 6.45) is 1.38. The van der Waals surface area contributed by atoms with E-state index in [2.05, 4.69) is 9.88 Å². The van der Waals surface area contributed by atoms with Crippen molar-refractivity contribution in [2.75, 3.05) is 33.2 Å². The van der Waals surface area contributed by atoms with Crippen molar-refractivity contribution in [2.45, 2.75) is 33.0 Å². The van der Waals surface area contributed by atoms with Crippen molar-refractivity contribution >= 4 is 5.91 Å². The van der Waals surface area contributed by atoms with Gasteiger partial charge in [0, 0.05) is 50.4 Å². The van der Waals surface area contributed by atoms with E-state index < -0.39 is 11.6 Å². The van der Waals surface area contributed by atoms with Crippen LogP contribution in [0.3, 0.4) is 0 Å². The summed E-state index contributed by atoms with van der Waals surface area (Å²) in [7, 11) is 2.03. The van der Waals surface area contributed by atoms with Crippen LogP contribution in [0.15, 0.2) is 28.9 Å². The molecule has 0 spiro atoms. The number of carbonyl (C=O) groups excluding carboxylic acids is 1. The van der Waals surface area contributed by atoms with Gasteiger partial charge in [-0.05, 0) is 27.0 Å². The van der Waals surface area contributed by atoms with Crippen molar-refractivity contribution in [3.8, 4) is 0 Å². The number of likely N-dealkylation sites (N-methyl/N-ethyl adjacent to an activating group) is 1. The summed E-state index contributed by atoms with van der Waals surface area (Å²) in [4.78, 5) is 22.8. The highest BCUT2D eigenvalue weighted by Crippen LogP contribution is 2.17. The van der Waals surface area contributed by atoms with Crippen LogP contribution in [0.25, 0.3) is 0 Å².